The Morgan fingerprint density at radius 3 is 2.62 bits per heavy atom. The van der Waals surface area contributed by atoms with Crippen LogP contribution in [0, 0.1) is 12.8 Å². The lowest BCUT2D eigenvalue weighted by Gasteiger charge is -2.09. The Hall–Kier alpha value is -1.40. The molecular formula is C14H18ClN3O2S. The molecule has 0 aliphatic carbocycles. The molecule has 0 spiro atoms. The van der Waals surface area contributed by atoms with Crippen LogP contribution in [0.1, 0.15) is 29.1 Å². The molecule has 0 saturated carbocycles. The van der Waals surface area contributed by atoms with Gasteiger partial charge in [-0.05, 0) is 18.4 Å². The van der Waals surface area contributed by atoms with E-state index in [4.69, 9.17) is 16.3 Å². The van der Waals surface area contributed by atoms with Crippen molar-refractivity contribution >= 4 is 45.1 Å². The maximum atomic E-state index is 12.2. The Labute approximate surface area is 132 Å². The first-order valence-electron chi connectivity index (χ1n) is 6.62. The SMILES string of the molecule is Cc1c(C(=O)OCC(C)C)sc2nc(N(C)C)nc(Cl)c12. The van der Waals surface area contributed by atoms with E-state index in [2.05, 4.69) is 9.97 Å². The maximum Gasteiger partial charge on any atom is 0.348 e. The van der Waals surface area contributed by atoms with Gasteiger partial charge < -0.3 is 9.64 Å². The number of anilines is 1. The van der Waals surface area contributed by atoms with Crippen molar-refractivity contribution in [2.75, 3.05) is 25.6 Å². The summed E-state index contributed by atoms with van der Waals surface area (Å²) in [7, 11) is 3.69. The van der Waals surface area contributed by atoms with Gasteiger partial charge in [0.2, 0.25) is 5.95 Å². The van der Waals surface area contributed by atoms with Crippen molar-refractivity contribution in [1.29, 1.82) is 0 Å². The first-order chi connectivity index (χ1) is 9.81. The second kappa shape index (κ2) is 6.15. The molecule has 0 unspecified atom stereocenters. The quantitative estimate of drug-likeness (QED) is 0.635. The third kappa shape index (κ3) is 3.27. The second-order valence-corrected chi connectivity index (χ2v) is 6.79. The largest absolute Gasteiger partial charge is 0.461 e. The molecule has 0 radical (unpaired) electrons. The van der Waals surface area contributed by atoms with Crippen LogP contribution < -0.4 is 4.90 Å². The van der Waals surface area contributed by atoms with Crippen molar-refractivity contribution in [3.63, 3.8) is 0 Å². The summed E-state index contributed by atoms with van der Waals surface area (Å²) in [5.41, 5.74) is 0.777. The number of nitrogens with zero attached hydrogens (tertiary/aromatic N) is 3. The molecular weight excluding hydrogens is 310 g/mol. The molecule has 21 heavy (non-hydrogen) atoms. The fraction of sp³-hybridized carbons (Fsp3) is 0.500. The van der Waals surface area contributed by atoms with E-state index in [1.54, 1.807) is 4.90 Å². The molecule has 0 bridgehead atoms. The highest BCUT2D eigenvalue weighted by Crippen LogP contribution is 2.35. The summed E-state index contributed by atoms with van der Waals surface area (Å²) < 4.78 is 5.29. The van der Waals surface area contributed by atoms with Crippen molar-refractivity contribution in [2.45, 2.75) is 20.8 Å². The average molecular weight is 328 g/mol. The van der Waals surface area contributed by atoms with Crippen molar-refractivity contribution in [1.82, 2.24) is 9.97 Å². The standard InChI is InChI=1S/C14H18ClN3O2S/c1-7(2)6-20-13(19)10-8(3)9-11(15)16-14(18(4)5)17-12(9)21-10/h7H,6H2,1-5H3. The van der Waals surface area contributed by atoms with Crippen LogP contribution in [0.5, 0.6) is 0 Å². The monoisotopic (exact) mass is 327 g/mol. The van der Waals surface area contributed by atoms with E-state index < -0.39 is 0 Å². The molecule has 0 saturated heterocycles. The summed E-state index contributed by atoms with van der Waals surface area (Å²) in [6.45, 7) is 6.23. The average Bonchev–Trinajstić information content (AvgIpc) is 2.73. The number of hydrogen-bond acceptors (Lipinski definition) is 6. The molecule has 2 aromatic heterocycles. The number of halogens is 1. The van der Waals surface area contributed by atoms with Gasteiger partial charge in [0.25, 0.3) is 0 Å². The number of aromatic nitrogens is 2. The van der Waals surface area contributed by atoms with Gasteiger partial charge >= 0.3 is 5.97 Å². The first-order valence-corrected chi connectivity index (χ1v) is 7.81. The van der Waals surface area contributed by atoms with Crippen LogP contribution >= 0.6 is 22.9 Å². The van der Waals surface area contributed by atoms with Gasteiger partial charge in [0.05, 0.1) is 12.0 Å². The van der Waals surface area contributed by atoms with E-state index in [1.165, 1.54) is 11.3 Å². The molecule has 0 aliphatic rings. The van der Waals surface area contributed by atoms with Crippen LogP contribution in [0.3, 0.4) is 0 Å². The molecule has 0 atom stereocenters. The Morgan fingerprint density at radius 2 is 2.05 bits per heavy atom. The van der Waals surface area contributed by atoms with Crippen LogP contribution in [0.4, 0.5) is 5.95 Å². The lowest BCUT2D eigenvalue weighted by Crippen LogP contribution is -2.12. The number of esters is 1. The Kier molecular flexibility index (Phi) is 4.68. The van der Waals surface area contributed by atoms with E-state index >= 15 is 0 Å². The van der Waals surface area contributed by atoms with Gasteiger partial charge in [-0.3, -0.25) is 0 Å². The fourth-order valence-corrected chi connectivity index (χ4v) is 3.21. The highest BCUT2D eigenvalue weighted by molar-refractivity contribution is 7.20. The van der Waals surface area contributed by atoms with Gasteiger partial charge in [-0.15, -0.1) is 11.3 Å². The predicted octanol–water partition coefficient (Wildman–Crippen LogP) is 3.53. The topological polar surface area (TPSA) is 55.3 Å². The first kappa shape index (κ1) is 16.0. The molecule has 7 heteroatoms. The molecule has 5 nitrogen and oxygen atoms in total. The van der Waals surface area contributed by atoms with E-state index in [0.29, 0.717) is 33.3 Å². The number of fused-ring (bicyclic) bond motifs is 1. The minimum absolute atomic E-state index is 0.298. The summed E-state index contributed by atoms with van der Waals surface area (Å²) in [4.78, 5) is 23.9. The second-order valence-electron chi connectivity index (χ2n) is 5.44. The number of ether oxygens (including phenoxy) is 1. The van der Waals surface area contributed by atoms with Crippen LogP contribution in [0.15, 0.2) is 0 Å². The van der Waals surface area contributed by atoms with E-state index in [0.717, 1.165) is 10.9 Å². The van der Waals surface area contributed by atoms with Crippen molar-refractivity contribution in [3.8, 4) is 0 Å². The third-order valence-corrected chi connectivity index (χ3v) is 4.31. The zero-order chi connectivity index (χ0) is 15.7. The number of thiophene rings is 1. The minimum Gasteiger partial charge on any atom is -0.461 e. The minimum atomic E-state index is -0.327. The number of carbonyl (C=O) groups is 1. The third-order valence-electron chi connectivity index (χ3n) is 2.87. The van der Waals surface area contributed by atoms with Crippen LogP contribution in [-0.2, 0) is 4.74 Å². The molecule has 0 amide bonds. The molecule has 0 N–H and O–H groups in total. The molecule has 2 aromatic rings. The van der Waals surface area contributed by atoms with Gasteiger partial charge in [-0.25, -0.2) is 14.8 Å². The van der Waals surface area contributed by atoms with Crippen molar-refractivity contribution in [2.24, 2.45) is 5.92 Å². The Morgan fingerprint density at radius 1 is 1.38 bits per heavy atom. The van der Waals surface area contributed by atoms with E-state index in [-0.39, 0.29) is 5.97 Å². The van der Waals surface area contributed by atoms with Crippen molar-refractivity contribution < 1.29 is 9.53 Å². The van der Waals surface area contributed by atoms with Gasteiger partial charge in [-0.2, -0.15) is 0 Å². The lowest BCUT2D eigenvalue weighted by molar-refractivity contribution is 0.0464. The predicted molar refractivity (Wildman–Crippen MR) is 86.6 cm³/mol. The van der Waals surface area contributed by atoms with Gasteiger partial charge in [-0.1, -0.05) is 25.4 Å². The maximum absolute atomic E-state index is 12.2. The highest BCUT2D eigenvalue weighted by atomic mass is 35.5. The van der Waals surface area contributed by atoms with Crippen LogP contribution in [0.25, 0.3) is 10.2 Å². The Bertz CT molecular complexity index is 682. The summed E-state index contributed by atoms with van der Waals surface area (Å²) in [5.74, 6) is 0.495. The summed E-state index contributed by atoms with van der Waals surface area (Å²) in [6.07, 6.45) is 0. The van der Waals surface area contributed by atoms with Gasteiger partial charge in [0.1, 0.15) is 14.9 Å². The smallest absolute Gasteiger partial charge is 0.348 e. The highest BCUT2D eigenvalue weighted by Gasteiger charge is 2.21. The fourth-order valence-electron chi connectivity index (χ4n) is 1.78. The van der Waals surface area contributed by atoms with Crippen LogP contribution in [0.2, 0.25) is 5.15 Å². The van der Waals surface area contributed by atoms with Gasteiger partial charge in [0, 0.05) is 14.1 Å². The molecule has 0 aromatic carbocycles. The van der Waals surface area contributed by atoms with Gasteiger partial charge in [0.15, 0.2) is 0 Å². The summed E-state index contributed by atoms with van der Waals surface area (Å²) >= 11 is 7.53. The van der Waals surface area contributed by atoms with Crippen molar-refractivity contribution in [3.05, 3.63) is 15.6 Å². The number of rotatable bonds is 4. The molecule has 2 rings (SSSR count). The number of carbonyl (C=O) groups excluding carboxylic acids is 1. The molecule has 0 aliphatic heterocycles. The summed E-state index contributed by atoms with van der Waals surface area (Å²) in [5, 5.41) is 1.09. The molecule has 2 heterocycles. The molecule has 0 fully saturated rings. The Balaban J connectivity index is 2.45. The van der Waals surface area contributed by atoms with Crippen LogP contribution in [-0.4, -0.2) is 36.6 Å². The molecule has 114 valence electrons. The number of hydrogen-bond donors (Lipinski definition) is 0. The van der Waals surface area contributed by atoms with E-state index in [9.17, 15) is 4.79 Å². The zero-order valence-electron chi connectivity index (χ0n) is 12.7. The van der Waals surface area contributed by atoms with E-state index in [1.807, 2.05) is 34.9 Å². The lowest BCUT2D eigenvalue weighted by atomic mass is 10.2. The zero-order valence-corrected chi connectivity index (χ0v) is 14.3. The summed E-state index contributed by atoms with van der Waals surface area (Å²) in [6, 6.07) is 0. The normalized spacial score (nSPS) is 11.2. The number of aryl methyl sites for hydroxylation is 1.